The molecule has 256 valence electrons. The first-order valence-corrected chi connectivity index (χ1v) is 18.2. The average molecular weight is 642 g/mol. The Morgan fingerprint density at radius 1 is 1.07 bits per heavy atom. The number of allylic oxidation sites excluding steroid dienone is 1. The van der Waals surface area contributed by atoms with Crippen LogP contribution in [0.15, 0.2) is 28.3 Å². The monoisotopic (exact) mass is 641 g/mol. The first-order valence-electron chi connectivity index (χ1n) is 18.2. The molecule has 9 nitrogen and oxygen atoms in total. The lowest BCUT2D eigenvalue weighted by Gasteiger charge is -2.66. The largest absolute Gasteiger partial charge is 0.458 e. The van der Waals surface area contributed by atoms with Gasteiger partial charge in [0.15, 0.2) is 6.29 Å². The molecule has 5 fully saturated rings. The fourth-order valence-electron chi connectivity index (χ4n) is 11.4. The Morgan fingerprint density at radius 3 is 2.63 bits per heavy atom. The first kappa shape index (κ1) is 32.9. The molecular formula is C37H55NO8. The molecule has 7 rings (SSSR count). The van der Waals surface area contributed by atoms with E-state index in [2.05, 4.69) is 19.2 Å². The molecule has 0 aromatic heterocycles. The normalized spacial score (nSPS) is 49.1. The number of ether oxygens (including phenoxy) is 3. The van der Waals surface area contributed by atoms with Crippen LogP contribution in [0.1, 0.15) is 110 Å². The topological polar surface area (TPSA) is 138 Å². The molecule has 0 aromatic rings. The fourth-order valence-corrected chi connectivity index (χ4v) is 11.4. The van der Waals surface area contributed by atoms with Crippen molar-refractivity contribution >= 4 is 12.2 Å². The number of carbonyl (C=O) groups excluding carboxylic acids is 1. The van der Waals surface area contributed by atoms with Gasteiger partial charge in [0.1, 0.15) is 12.7 Å². The van der Waals surface area contributed by atoms with E-state index in [0.717, 1.165) is 56.9 Å². The van der Waals surface area contributed by atoms with Crippen molar-refractivity contribution in [3.05, 3.63) is 23.3 Å². The van der Waals surface area contributed by atoms with Gasteiger partial charge in [0.2, 0.25) is 0 Å². The lowest BCUT2D eigenvalue weighted by atomic mass is 9.41. The maximum absolute atomic E-state index is 12.8. The summed E-state index contributed by atoms with van der Waals surface area (Å²) >= 11 is 0. The zero-order chi connectivity index (χ0) is 32.3. The predicted octanol–water partition coefficient (Wildman–Crippen LogP) is 4.54. The molecule has 9 heteroatoms. The SMILES string of the molecule is C[C@@H]1O[C@H](O[C@H]2CC[C@]3(C=NCCC4=CCCCC4)[C@H]4CC[C@]5(C)[C@H](C6=CC(=O)OC6)CC[C@]5(O)[C@@H]4CC[C@]3(O)C2)C[C@@H](O)[C@@H]1O. The third-order valence-corrected chi connectivity index (χ3v) is 13.9. The Hall–Kier alpha value is -1.62. The van der Waals surface area contributed by atoms with Gasteiger partial charge >= 0.3 is 5.97 Å². The van der Waals surface area contributed by atoms with E-state index in [0.29, 0.717) is 38.8 Å². The van der Waals surface area contributed by atoms with Crippen LogP contribution < -0.4 is 0 Å². The molecule has 2 heterocycles. The minimum atomic E-state index is -1.04. The molecule has 4 N–H and O–H groups in total. The number of aliphatic imine (C=N–C) groups is 1. The average Bonchev–Trinajstić information content (AvgIpc) is 3.58. The smallest absolute Gasteiger partial charge is 0.331 e. The predicted molar refractivity (Wildman–Crippen MR) is 172 cm³/mol. The molecule has 1 saturated heterocycles. The summed E-state index contributed by atoms with van der Waals surface area (Å²) in [6.07, 6.45) is 15.3. The van der Waals surface area contributed by atoms with E-state index in [-0.39, 0.29) is 41.7 Å². The molecule has 0 amide bonds. The number of rotatable bonds is 7. The van der Waals surface area contributed by atoms with Crippen molar-refractivity contribution in [3.63, 3.8) is 0 Å². The summed E-state index contributed by atoms with van der Waals surface area (Å²) in [6, 6.07) is 0. The number of cyclic esters (lactones) is 1. The highest BCUT2D eigenvalue weighted by atomic mass is 16.7. The number of nitrogens with zero attached hydrogens (tertiary/aromatic N) is 1. The van der Waals surface area contributed by atoms with Crippen molar-refractivity contribution in [2.75, 3.05) is 13.2 Å². The quantitative estimate of drug-likeness (QED) is 0.138. The summed E-state index contributed by atoms with van der Waals surface area (Å²) in [5.41, 5.74) is -0.341. The highest BCUT2D eigenvalue weighted by molar-refractivity contribution is 5.85. The van der Waals surface area contributed by atoms with Crippen molar-refractivity contribution in [2.24, 2.45) is 33.6 Å². The Balaban J connectivity index is 1.15. The van der Waals surface area contributed by atoms with Gasteiger partial charge in [-0.25, -0.2) is 4.79 Å². The minimum Gasteiger partial charge on any atom is -0.458 e. The van der Waals surface area contributed by atoms with E-state index in [1.807, 2.05) is 0 Å². The minimum absolute atomic E-state index is 0.0271. The zero-order valence-electron chi connectivity index (χ0n) is 27.7. The van der Waals surface area contributed by atoms with Crippen molar-refractivity contribution in [2.45, 2.75) is 152 Å². The van der Waals surface area contributed by atoms with E-state index in [1.165, 1.54) is 18.4 Å². The molecule has 0 bridgehead atoms. The summed E-state index contributed by atoms with van der Waals surface area (Å²) in [5, 5.41) is 46.0. The highest BCUT2D eigenvalue weighted by Gasteiger charge is 2.71. The number of hydrogen-bond donors (Lipinski definition) is 4. The van der Waals surface area contributed by atoms with Gasteiger partial charge in [-0.1, -0.05) is 18.6 Å². The van der Waals surface area contributed by atoms with Crippen molar-refractivity contribution < 1.29 is 39.4 Å². The Kier molecular flexibility index (Phi) is 8.84. The van der Waals surface area contributed by atoms with Gasteiger partial charge in [0.05, 0.1) is 29.5 Å². The van der Waals surface area contributed by atoms with Crippen LogP contribution in [0.4, 0.5) is 0 Å². The van der Waals surface area contributed by atoms with Gasteiger partial charge in [-0.15, -0.1) is 0 Å². The molecule has 2 aliphatic heterocycles. The molecule has 0 aromatic carbocycles. The Labute approximate surface area is 273 Å². The zero-order valence-corrected chi connectivity index (χ0v) is 27.7. The third-order valence-electron chi connectivity index (χ3n) is 13.9. The van der Waals surface area contributed by atoms with Gasteiger partial charge < -0.3 is 34.6 Å². The Bertz CT molecular complexity index is 1250. The van der Waals surface area contributed by atoms with Gasteiger partial charge in [-0.2, -0.15) is 0 Å². The fraction of sp³-hybridized carbons (Fsp3) is 0.838. The van der Waals surface area contributed by atoms with Gasteiger partial charge in [-0.3, -0.25) is 4.99 Å². The van der Waals surface area contributed by atoms with Gasteiger partial charge in [0.25, 0.3) is 0 Å². The number of aliphatic hydroxyl groups excluding tert-OH is 2. The van der Waals surface area contributed by atoms with Crippen LogP contribution in [-0.2, 0) is 19.0 Å². The molecule has 0 spiro atoms. The number of hydrogen-bond acceptors (Lipinski definition) is 9. The van der Waals surface area contributed by atoms with Crippen molar-refractivity contribution in [1.82, 2.24) is 0 Å². The van der Waals surface area contributed by atoms with Gasteiger partial charge in [-0.05, 0) is 114 Å². The van der Waals surface area contributed by atoms with Crippen LogP contribution in [0, 0.1) is 28.6 Å². The van der Waals surface area contributed by atoms with Crippen LogP contribution in [0.2, 0.25) is 0 Å². The lowest BCUT2D eigenvalue weighted by Crippen LogP contribution is -2.69. The molecule has 46 heavy (non-hydrogen) atoms. The molecular weight excluding hydrogens is 586 g/mol. The summed E-state index contributed by atoms with van der Waals surface area (Å²) < 4.78 is 17.6. The molecule has 4 saturated carbocycles. The lowest BCUT2D eigenvalue weighted by molar-refractivity contribution is -0.282. The summed E-state index contributed by atoms with van der Waals surface area (Å²) in [5.74, 6) is -0.0448. The highest BCUT2D eigenvalue weighted by Crippen LogP contribution is 2.70. The molecule has 0 unspecified atom stereocenters. The second-order valence-electron chi connectivity index (χ2n) is 16.1. The molecule has 0 radical (unpaired) electrons. The maximum Gasteiger partial charge on any atom is 0.331 e. The van der Waals surface area contributed by atoms with Crippen LogP contribution in [-0.4, -0.2) is 87.7 Å². The van der Waals surface area contributed by atoms with E-state index in [9.17, 15) is 25.2 Å². The van der Waals surface area contributed by atoms with E-state index in [4.69, 9.17) is 19.2 Å². The number of aliphatic hydroxyl groups is 4. The first-order chi connectivity index (χ1) is 22.0. The summed E-state index contributed by atoms with van der Waals surface area (Å²) in [6.45, 7) is 5.01. The second kappa shape index (κ2) is 12.4. The van der Waals surface area contributed by atoms with Crippen molar-refractivity contribution in [3.8, 4) is 0 Å². The number of fused-ring (bicyclic) bond motifs is 5. The van der Waals surface area contributed by atoms with Crippen molar-refractivity contribution in [1.29, 1.82) is 0 Å². The Morgan fingerprint density at radius 2 is 1.89 bits per heavy atom. The third kappa shape index (κ3) is 5.36. The van der Waals surface area contributed by atoms with E-state index >= 15 is 0 Å². The van der Waals surface area contributed by atoms with Crippen LogP contribution in [0.3, 0.4) is 0 Å². The van der Waals surface area contributed by atoms with Crippen LogP contribution >= 0.6 is 0 Å². The molecule has 12 atom stereocenters. The number of carbonyl (C=O) groups is 1. The second-order valence-corrected chi connectivity index (χ2v) is 16.1. The molecule has 5 aliphatic carbocycles. The summed E-state index contributed by atoms with van der Waals surface area (Å²) in [4.78, 5) is 17.1. The van der Waals surface area contributed by atoms with Gasteiger partial charge in [0, 0.05) is 42.5 Å². The number of esters is 1. The van der Waals surface area contributed by atoms with E-state index in [1.54, 1.807) is 13.0 Å². The van der Waals surface area contributed by atoms with Crippen LogP contribution in [0.5, 0.6) is 0 Å². The van der Waals surface area contributed by atoms with Crippen LogP contribution in [0.25, 0.3) is 0 Å². The standard InChI is InChI=1S/C37H55NO8/c1-23-33(41)30(39)19-32(45-23)46-26-8-14-35(22-38-17-12-24-6-4-3-5-7-24)28-9-13-34(2)27(25-18-31(40)44-21-25)11-16-37(34,43)29(28)10-15-36(35,42)20-26/h6,18,22-23,26-30,32-33,39,41-43H,3-5,7-17,19-21H2,1-2H3/t23-,26-,27-,28-,29+,30+,32+,33+,34+,35-,36-,37-/m0/s1. The maximum atomic E-state index is 12.8. The molecule has 7 aliphatic rings. The summed E-state index contributed by atoms with van der Waals surface area (Å²) in [7, 11) is 0. The van der Waals surface area contributed by atoms with E-state index < -0.39 is 41.2 Å².